The minimum atomic E-state index is -0.714. The van der Waals surface area contributed by atoms with Crippen molar-refractivity contribution >= 4 is 34.9 Å². The molecule has 0 bridgehead atoms. The molecule has 2 aromatic carbocycles. The predicted molar refractivity (Wildman–Crippen MR) is 107 cm³/mol. The van der Waals surface area contributed by atoms with Crippen LogP contribution in [0.4, 0.5) is 11.5 Å². The van der Waals surface area contributed by atoms with E-state index in [1.54, 1.807) is 54.4 Å². The van der Waals surface area contributed by atoms with Crippen LogP contribution in [0.5, 0.6) is 5.75 Å². The normalized spacial score (nSPS) is 15.1. The SMILES string of the molecule is COc1cccc(NC(=O)CC2C(=O)Nc3c(-c4cccc(Cl)c4)cnn32)c1. The molecule has 0 radical (unpaired) electrons. The fourth-order valence-electron chi connectivity index (χ4n) is 3.17. The molecule has 0 saturated heterocycles. The Morgan fingerprint density at radius 3 is 2.89 bits per heavy atom. The monoisotopic (exact) mass is 396 g/mol. The van der Waals surface area contributed by atoms with Crippen LogP contribution in [0.25, 0.3) is 11.1 Å². The van der Waals surface area contributed by atoms with Crippen LogP contribution in [0.2, 0.25) is 5.02 Å². The smallest absolute Gasteiger partial charge is 0.251 e. The summed E-state index contributed by atoms with van der Waals surface area (Å²) in [4.78, 5) is 24.9. The van der Waals surface area contributed by atoms with Crippen LogP contribution < -0.4 is 15.4 Å². The number of halogens is 1. The Morgan fingerprint density at radius 2 is 2.11 bits per heavy atom. The second-order valence-electron chi connectivity index (χ2n) is 6.35. The van der Waals surface area contributed by atoms with Crippen molar-refractivity contribution in [2.75, 3.05) is 17.7 Å². The zero-order valence-electron chi connectivity index (χ0n) is 15.0. The number of nitrogens with zero attached hydrogens (tertiary/aromatic N) is 2. The molecule has 4 rings (SSSR count). The summed E-state index contributed by atoms with van der Waals surface area (Å²) < 4.78 is 6.69. The van der Waals surface area contributed by atoms with Crippen molar-refractivity contribution in [3.63, 3.8) is 0 Å². The fourth-order valence-corrected chi connectivity index (χ4v) is 3.36. The van der Waals surface area contributed by atoms with Gasteiger partial charge < -0.3 is 15.4 Å². The van der Waals surface area contributed by atoms with Gasteiger partial charge in [-0.2, -0.15) is 5.10 Å². The maximum Gasteiger partial charge on any atom is 0.251 e. The molecule has 1 aliphatic rings. The molecule has 0 spiro atoms. The highest BCUT2D eigenvalue weighted by atomic mass is 35.5. The molecule has 0 fully saturated rings. The number of nitrogens with one attached hydrogen (secondary N) is 2. The third kappa shape index (κ3) is 3.44. The predicted octanol–water partition coefficient (Wildman–Crippen LogP) is 3.73. The van der Waals surface area contributed by atoms with Crippen molar-refractivity contribution in [1.82, 2.24) is 9.78 Å². The topological polar surface area (TPSA) is 85.2 Å². The van der Waals surface area contributed by atoms with Crippen molar-refractivity contribution in [3.8, 4) is 16.9 Å². The van der Waals surface area contributed by atoms with Gasteiger partial charge in [0.1, 0.15) is 17.6 Å². The number of hydrogen-bond acceptors (Lipinski definition) is 4. The van der Waals surface area contributed by atoms with Crippen molar-refractivity contribution in [2.45, 2.75) is 12.5 Å². The van der Waals surface area contributed by atoms with E-state index < -0.39 is 6.04 Å². The first-order chi connectivity index (χ1) is 13.5. The van der Waals surface area contributed by atoms with Gasteiger partial charge in [-0.05, 0) is 29.8 Å². The van der Waals surface area contributed by atoms with E-state index in [2.05, 4.69) is 15.7 Å². The van der Waals surface area contributed by atoms with Gasteiger partial charge in [0, 0.05) is 22.3 Å². The van der Waals surface area contributed by atoms with Crippen LogP contribution in [0.1, 0.15) is 12.5 Å². The van der Waals surface area contributed by atoms with E-state index in [9.17, 15) is 9.59 Å². The molecule has 28 heavy (non-hydrogen) atoms. The molecule has 1 aromatic heterocycles. The van der Waals surface area contributed by atoms with Crippen LogP contribution in [-0.4, -0.2) is 28.7 Å². The first kappa shape index (κ1) is 18.1. The maximum absolute atomic E-state index is 12.5. The lowest BCUT2D eigenvalue weighted by molar-refractivity contribution is -0.123. The molecular weight excluding hydrogens is 380 g/mol. The third-order valence-electron chi connectivity index (χ3n) is 4.50. The first-order valence-corrected chi connectivity index (χ1v) is 9.01. The number of benzene rings is 2. The van der Waals surface area contributed by atoms with Crippen molar-refractivity contribution in [2.24, 2.45) is 0 Å². The standard InChI is InChI=1S/C20H17ClN4O3/c1-28-15-7-3-6-14(9-15)23-18(26)10-17-20(27)24-19-16(11-22-25(17)19)12-4-2-5-13(21)8-12/h2-9,11,17H,10H2,1H3,(H,23,26)(H,24,27). The quantitative estimate of drug-likeness (QED) is 0.688. The summed E-state index contributed by atoms with van der Waals surface area (Å²) in [5.74, 6) is 0.636. The third-order valence-corrected chi connectivity index (χ3v) is 4.74. The minimum Gasteiger partial charge on any atom is -0.497 e. The lowest BCUT2D eigenvalue weighted by Gasteiger charge is -2.10. The summed E-state index contributed by atoms with van der Waals surface area (Å²) in [6, 6.07) is 13.6. The van der Waals surface area contributed by atoms with E-state index in [-0.39, 0.29) is 18.2 Å². The minimum absolute atomic E-state index is 0.0350. The first-order valence-electron chi connectivity index (χ1n) is 8.63. The molecule has 1 unspecified atom stereocenters. The van der Waals surface area contributed by atoms with Gasteiger partial charge in [0.2, 0.25) is 5.91 Å². The van der Waals surface area contributed by atoms with Crippen LogP contribution in [0.3, 0.4) is 0 Å². The molecule has 1 aliphatic heterocycles. The molecule has 142 valence electrons. The molecule has 3 aromatic rings. The Balaban J connectivity index is 1.53. The van der Waals surface area contributed by atoms with E-state index in [1.165, 1.54) is 0 Å². The van der Waals surface area contributed by atoms with Gasteiger partial charge in [0.25, 0.3) is 5.91 Å². The van der Waals surface area contributed by atoms with Crippen molar-refractivity contribution in [1.29, 1.82) is 0 Å². The number of aromatic nitrogens is 2. The highest BCUT2D eigenvalue weighted by molar-refractivity contribution is 6.30. The van der Waals surface area contributed by atoms with Gasteiger partial charge in [-0.25, -0.2) is 4.68 Å². The maximum atomic E-state index is 12.5. The van der Waals surface area contributed by atoms with Gasteiger partial charge in [-0.15, -0.1) is 0 Å². The van der Waals surface area contributed by atoms with E-state index in [1.807, 2.05) is 12.1 Å². The number of carbonyl (C=O) groups excluding carboxylic acids is 2. The largest absolute Gasteiger partial charge is 0.497 e. The average molecular weight is 397 g/mol. The molecule has 1 atom stereocenters. The van der Waals surface area contributed by atoms with E-state index >= 15 is 0 Å². The summed E-state index contributed by atoms with van der Waals surface area (Å²) in [5, 5.41) is 10.5. The van der Waals surface area contributed by atoms with Crippen LogP contribution >= 0.6 is 11.6 Å². The average Bonchev–Trinajstić information content (AvgIpc) is 3.21. The number of ether oxygens (including phenoxy) is 1. The Morgan fingerprint density at radius 1 is 1.29 bits per heavy atom. The number of fused-ring (bicyclic) bond motifs is 1. The summed E-state index contributed by atoms with van der Waals surface area (Å²) >= 11 is 6.06. The van der Waals surface area contributed by atoms with Crippen molar-refractivity contribution in [3.05, 3.63) is 59.8 Å². The van der Waals surface area contributed by atoms with Crippen LogP contribution in [0, 0.1) is 0 Å². The molecule has 2 N–H and O–H groups in total. The van der Waals surface area contributed by atoms with E-state index in [4.69, 9.17) is 16.3 Å². The van der Waals surface area contributed by atoms with Gasteiger partial charge in [0.15, 0.2) is 0 Å². The molecule has 7 nitrogen and oxygen atoms in total. The number of carbonyl (C=O) groups is 2. The number of rotatable bonds is 5. The van der Waals surface area contributed by atoms with E-state index in [0.717, 1.165) is 11.1 Å². The zero-order chi connectivity index (χ0) is 19.7. The summed E-state index contributed by atoms with van der Waals surface area (Å²) in [5.41, 5.74) is 2.20. The van der Waals surface area contributed by atoms with Gasteiger partial charge in [0.05, 0.1) is 19.7 Å². The van der Waals surface area contributed by atoms with Crippen LogP contribution in [-0.2, 0) is 9.59 Å². The highest BCUT2D eigenvalue weighted by Gasteiger charge is 2.35. The Kier molecular flexibility index (Phi) is 4.75. The number of anilines is 2. The molecular formula is C20H17ClN4O3. The number of amides is 2. The van der Waals surface area contributed by atoms with Gasteiger partial charge in [-0.1, -0.05) is 29.8 Å². The lowest BCUT2D eigenvalue weighted by Crippen LogP contribution is -2.23. The fraction of sp³-hybridized carbons (Fsp3) is 0.150. The second kappa shape index (κ2) is 7.36. The molecule has 2 heterocycles. The summed E-state index contributed by atoms with van der Waals surface area (Å²) in [6.45, 7) is 0. The van der Waals surface area contributed by atoms with Crippen molar-refractivity contribution < 1.29 is 14.3 Å². The second-order valence-corrected chi connectivity index (χ2v) is 6.79. The van der Waals surface area contributed by atoms with Gasteiger partial charge >= 0.3 is 0 Å². The molecule has 0 aliphatic carbocycles. The lowest BCUT2D eigenvalue weighted by atomic mass is 10.1. The zero-order valence-corrected chi connectivity index (χ0v) is 15.7. The Hall–Kier alpha value is -3.32. The van der Waals surface area contributed by atoms with Gasteiger partial charge in [-0.3, -0.25) is 9.59 Å². The number of methoxy groups -OCH3 is 1. The summed E-state index contributed by atoms with van der Waals surface area (Å²) in [7, 11) is 1.56. The van der Waals surface area contributed by atoms with Crippen LogP contribution in [0.15, 0.2) is 54.7 Å². The summed E-state index contributed by atoms with van der Waals surface area (Å²) in [6.07, 6.45) is 1.63. The molecule has 2 amide bonds. The van der Waals surface area contributed by atoms with E-state index in [0.29, 0.717) is 22.3 Å². The number of hydrogen-bond donors (Lipinski definition) is 2. The Labute approximate surface area is 166 Å². The highest BCUT2D eigenvalue weighted by Crippen LogP contribution is 2.36. The molecule has 8 heteroatoms. The Bertz CT molecular complexity index is 1060. The molecule has 0 saturated carbocycles.